The summed E-state index contributed by atoms with van der Waals surface area (Å²) in [6, 6.07) is 16.3. The van der Waals surface area contributed by atoms with E-state index < -0.39 is 37.0 Å². The molecule has 4 bridgehead atoms. The summed E-state index contributed by atoms with van der Waals surface area (Å²) in [4.78, 5) is 39.4. The average molecular weight is 594 g/mol. The Kier molecular flexibility index (Phi) is 10.3. The number of esters is 1. The molecule has 0 saturated heterocycles. The number of alkyl halides is 2. The number of hydrogen-bond donors (Lipinski definition) is 5. The van der Waals surface area contributed by atoms with Crippen LogP contribution in [0.4, 0.5) is 20.2 Å². The van der Waals surface area contributed by atoms with Gasteiger partial charge in [0.15, 0.2) is 0 Å². The van der Waals surface area contributed by atoms with Crippen molar-refractivity contribution in [3.05, 3.63) is 89.0 Å². The summed E-state index contributed by atoms with van der Waals surface area (Å²) in [5.41, 5.74) is 8.59. The van der Waals surface area contributed by atoms with Gasteiger partial charge >= 0.3 is 5.97 Å². The van der Waals surface area contributed by atoms with Crippen LogP contribution in [0.5, 0.6) is 5.75 Å². The molecule has 6 N–H and O–H groups in total. The van der Waals surface area contributed by atoms with Crippen LogP contribution in [0.1, 0.15) is 54.1 Å². The van der Waals surface area contributed by atoms with E-state index in [2.05, 4.69) is 16.0 Å². The fourth-order valence-electron chi connectivity index (χ4n) is 4.68. The van der Waals surface area contributed by atoms with Gasteiger partial charge in [0, 0.05) is 23.4 Å². The van der Waals surface area contributed by atoms with Crippen molar-refractivity contribution < 1.29 is 32.6 Å². The molecule has 0 aromatic heterocycles. The molecule has 4 rings (SSSR count). The van der Waals surface area contributed by atoms with Crippen LogP contribution in [0.3, 0.4) is 0 Å². The van der Waals surface area contributed by atoms with Gasteiger partial charge in [-0.2, -0.15) is 0 Å². The Morgan fingerprint density at radius 3 is 2.53 bits per heavy atom. The number of aryl methyl sites for hydroxylation is 1. The number of rotatable bonds is 9. The van der Waals surface area contributed by atoms with Gasteiger partial charge in [0.05, 0.1) is 19.1 Å². The van der Waals surface area contributed by atoms with Crippen molar-refractivity contribution in [2.24, 2.45) is 5.73 Å². The molecule has 0 saturated carbocycles. The minimum atomic E-state index is -2.70. The monoisotopic (exact) mass is 593 g/mol. The fourth-order valence-corrected chi connectivity index (χ4v) is 4.68. The van der Waals surface area contributed by atoms with Crippen molar-refractivity contribution in [2.45, 2.75) is 44.7 Å². The van der Waals surface area contributed by atoms with Crippen LogP contribution in [-0.2, 0) is 25.5 Å². The molecule has 0 fully saturated rings. The number of halogens is 2. The molecular weight excluding hydrogens is 560 g/mol. The van der Waals surface area contributed by atoms with Crippen molar-refractivity contribution in [1.82, 2.24) is 5.32 Å². The van der Waals surface area contributed by atoms with Gasteiger partial charge < -0.3 is 31.2 Å². The first kappa shape index (κ1) is 30.9. The summed E-state index contributed by atoms with van der Waals surface area (Å²) in [6.45, 7) is 1.02. The van der Waals surface area contributed by atoms with E-state index in [1.54, 1.807) is 67.6 Å². The standard InChI is InChI=1S/C31H33F2N5O5/c1-2-42-28(40)16-24-19-4-3-5-23(15-19)36-27(39)13-9-20-14-21(8-12-25(20)43-17-26(32)33)29(31(41)38-24)37-22-10-6-18(7-11-22)30(34)35/h3-8,10-12,14-15,24,26,29,37H,2,9,13,16-17H2,1H3,(H3,34,35)(H,36,39)(H,38,41). The van der Waals surface area contributed by atoms with Gasteiger partial charge in [-0.15, -0.1) is 0 Å². The SMILES string of the molecule is CCOC(=O)CC1NC(=O)C(Nc2ccc(C(=N)N)cc2)c2ccc(OCC(F)F)c(c2)CCC(=O)Nc2cccc1c2. The molecule has 226 valence electrons. The molecule has 3 aromatic rings. The maximum Gasteiger partial charge on any atom is 0.308 e. The zero-order valence-corrected chi connectivity index (χ0v) is 23.5. The molecule has 0 aliphatic carbocycles. The van der Waals surface area contributed by atoms with Crippen LogP contribution < -0.4 is 26.4 Å². The summed E-state index contributed by atoms with van der Waals surface area (Å²) in [5.74, 6) is -1.25. The lowest BCUT2D eigenvalue weighted by Gasteiger charge is -2.26. The first-order valence-corrected chi connectivity index (χ1v) is 13.7. The van der Waals surface area contributed by atoms with Crippen LogP contribution in [0, 0.1) is 5.41 Å². The summed E-state index contributed by atoms with van der Waals surface area (Å²) in [7, 11) is 0. The van der Waals surface area contributed by atoms with Crippen molar-refractivity contribution >= 4 is 35.0 Å². The van der Waals surface area contributed by atoms with Gasteiger partial charge in [-0.3, -0.25) is 19.8 Å². The quantitative estimate of drug-likeness (QED) is 0.139. The minimum Gasteiger partial charge on any atom is -0.487 e. The maximum absolute atomic E-state index is 14.0. The summed E-state index contributed by atoms with van der Waals surface area (Å²) in [5, 5.41) is 16.6. The maximum atomic E-state index is 14.0. The number of nitrogens with two attached hydrogens (primary N) is 1. The van der Waals surface area contributed by atoms with E-state index in [1.165, 1.54) is 6.07 Å². The normalized spacial score (nSPS) is 16.8. The van der Waals surface area contributed by atoms with Crippen molar-refractivity contribution in [3.63, 3.8) is 0 Å². The predicted octanol–water partition coefficient (Wildman–Crippen LogP) is 4.46. The van der Waals surface area contributed by atoms with Gasteiger partial charge in [-0.05, 0) is 78.6 Å². The van der Waals surface area contributed by atoms with E-state index in [9.17, 15) is 23.2 Å². The number of fused-ring (bicyclic) bond motifs is 4. The van der Waals surface area contributed by atoms with E-state index in [4.69, 9.17) is 20.6 Å². The molecule has 2 atom stereocenters. The molecule has 43 heavy (non-hydrogen) atoms. The Balaban J connectivity index is 1.78. The smallest absolute Gasteiger partial charge is 0.308 e. The van der Waals surface area contributed by atoms with Crippen molar-refractivity contribution in [1.29, 1.82) is 5.41 Å². The van der Waals surface area contributed by atoms with Crippen LogP contribution in [0.15, 0.2) is 66.7 Å². The van der Waals surface area contributed by atoms with Gasteiger partial charge in [-0.1, -0.05) is 18.2 Å². The van der Waals surface area contributed by atoms with Crippen LogP contribution in [-0.4, -0.2) is 43.3 Å². The number of nitrogen functional groups attached to an aromatic ring is 1. The number of amides is 2. The van der Waals surface area contributed by atoms with Gasteiger partial charge in [0.2, 0.25) is 11.8 Å². The molecular formula is C31H33F2N5O5. The number of carbonyl (C=O) groups is 3. The lowest BCUT2D eigenvalue weighted by atomic mass is 9.97. The number of ether oxygens (including phenoxy) is 2. The molecule has 12 heteroatoms. The third-order valence-electron chi connectivity index (χ3n) is 6.74. The molecule has 2 amide bonds. The molecule has 10 nitrogen and oxygen atoms in total. The molecule has 1 heterocycles. The molecule has 3 aromatic carbocycles. The molecule has 0 radical (unpaired) electrons. The van der Waals surface area contributed by atoms with Crippen molar-refractivity contribution in [3.8, 4) is 5.75 Å². The second-order valence-corrected chi connectivity index (χ2v) is 9.88. The lowest BCUT2D eigenvalue weighted by Crippen LogP contribution is -2.37. The summed E-state index contributed by atoms with van der Waals surface area (Å²) in [6.07, 6.45) is -2.69. The number of amidine groups is 1. The zero-order valence-electron chi connectivity index (χ0n) is 23.5. The largest absolute Gasteiger partial charge is 0.487 e. The third-order valence-corrected chi connectivity index (χ3v) is 6.74. The Hall–Kier alpha value is -5.00. The lowest BCUT2D eigenvalue weighted by molar-refractivity contribution is -0.143. The molecule has 2 unspecified atom stereocenters. The number of nitrogens with one attached hydrogen (secondary N) is 4. The highest BCUT2D eigenvalue weighted by Crippen LogP contribution is 2.30. The highest BCUT2D eigenvalue weighted by molar-refractivity contribution is 5.95. The summed E-state index contributed by atoms with van der Waals surface area (Å²) >= 11 is 0. The Morgan fingerprint density at radius 2 is 1.84 bits per heavy atom. The van der Waals surface area contributed by atoms with Crippen LogP contribution in [0.25, 0.3) is 0 Å². The van der Waals surface area contributed by atoms with E-state index in [1.807, 2.05) is 0 Å². The average Bonchev–Trinajstić information content (AvgIpc) is 2.97. The van der Waals surface area contributed by atoms with E-state index in [0.29, 0.717) is 33.6 Å². The fraction of sp³-hybridized carbons (Fsp3) is 0.290. The first-order valence-electron chi connectivity index (χ1n) is 13.7. The minimum absolute atomic E-state index is 0.0156. The number of carbonyl (C=O) groups excluding carboxylic acids is 3. The van der Waals surface area contributed by atoms with Gasteiger partial charge in [-0.25, -0.2) is 8.78 Å². The van der Waals surface area contributed by atoms with Gasteiger partial charge in [0.1, 0.15) is 24.2 Å². The second kappa shape index (κ2) is 14.3. The van der Waals surface area contributed by atoms with E-state index in [0.717, 1.165) is 0 Å². The predicted molar refractivity (Wildman–Crippen MR) is 157 cm³/mol. The van der Waals surface area contributed by atoms with E-state index in [-0.39, 0.29) is 43.4 Å². The molecule has 1 aliphatic heterocycles. The van der Waals surface area contributed by atoms with Gasteiger partial charge in [0.25, 0.3) is 6.43 Å². The summed E-state index contributed by atoms with van der Waals surface area (Å²) < 4.78 is 36.4. The molecule has 1 aliphatic rings. The molecule has 0 spiro atoms. The number of hydrogen-bond acceptors (Lipinski definition) is 7. The Labute approximate surface area is 247 Å². The zero-order chi connectivity index (χ0) is 30.9. The number of benzene rings is 3. The van der Waals surface area contributed by atoms with E-state index >= 15 is 0 Å². The Morgan fingerprint density at radius 1 is 1.07 bits per heavy atom. The third kappa shape index (κ3) is 8.51. The highest BCUT2D eigenvalue weighted by atomic mass is 19.3. The van der Waals surface area contributed by atoms with Crippen LogP contribution >= 0.6 is 0 Å². The van der Waals surface area contributed by atoms with Crippen LogP contribution in [0.2, 0.25) is 0 Å². The highest BCUT2D eigenvalue weighted by Gasteiger charge is 2.28. The van der Waals surface area contributed by atoms with Crippen molar-refractivity contribution in [2.75, 3.05) is 23.8 Å². The topological polar surface area (TPSA) is 156 Å². The Bertz CT molecular complexity index is 1480. The first-order chi connectivity index (χ1) is 20.6. The second-order valence-electron chi connectivity index (χ2n) is 9.88. The number of anilines is 2.